The van der Waals surface area contributed by atoms with Crippen LogP contribution in [-0.2, 0) is 0 Å². The van der Waals surface area contributed by atoms with Crippen molar-refractivity contribution in [2.24, 2.45) is 15.6 Å². The first kappa shape index (κ1) is 13.7. The summed E-state index contributed by atoms with van der Waals surface area (Å²) in [5, 5.41) is 9.15. The molecule has 0 aromatic carbocycles. The van der Waals surface area contributed by atoms with Gasteiger partial charge >= 0.3 is 0 Å². The zero-order valence-corrected chi connectivity index (χ0v) is 11.7. The minimum absolute atomic E-state index is 0.00427. The molecule has 0 heterocycles. The van der Waals surface area contributed by atoms with E-state index in [2.05, 4.69) is 44.8 Å². The predicted molar refractivity (Wildman–Crippen MR) is 69.9 cm³/mol. The molecular weight excluding hydrogens is 196 g/mol. The average Bonchev–Trinajstić information content (AvgIpc) is 2.13. The minimum Gasteiger partial charge on any atom is -0.190 e. The Kier molecular flexibility index (Phi) is 4.52. The third kappa shape index (κ3) is 5.62. The lowest BCUT2D eigenvalue weighted by Crippen LogP contribution is -2.25. The van der Waals surface area contributed by atoms with E-state index in [1.165, 1.54) is 32.1 Å². The van der Waals surface area contributed by atoms with E-state index in [1.54, 1.807) is 0 Å². The van der Waals surface area contributed by atoms with E-state index in [9.17, 15) is 0 Å². The van der Waals surface area contributed by atoms with Crippen molar-refractivity contribution >= 4 is 0 Å². The zero-order chi connectivity index (χ0) is 12.2. The maximum absolute atomic E-state index is 4.59. The Morgan fingerprint density at radius 2 is 1.50 bits per heavy atom. The Morgan fingerprint density at radius 1 is 0.938 bits per heavy atom. The summed E-state index contributed by atoms with van der Waals surface area (Å²) in [5.41, 5.74) is 0.324. The zero-order valence-electron chi connectivity index (χ0n) is 11.7. The molecule has 0 atom stereocenters. The van der Waals surface area contributed by atoms with Gasteiger partial charge in [-0.2, -0.15) is 10.2 Å². The average molecular weight is 224 g/mol. The smallest absolute Gasteiger partial charge is 0.0765 e. The molecule has 0 aliphatic heterocycles. The Balaban J connectivity index is 2.46. The molecule has 94 valence electrons. The summed E-state index contributed by atoms with van der Waals surface area (Å²) < 4.78 is 0. The number of azo groups is 1. The van der Waals surface area contributed by atoms with Gasteiger partial charge in [0.15, 0.2) is 0 Å². The molecule has 1 saturated carbocycles. The molecule has 0 aromatic heterocycles. The minimum atomic E-state index is -0.00427. The van der Waals surface area contributed by atoms with E-state index in [-0.39, 0.29) is 5.54 Å². The monoisotopic (exact) mass is 224 g/mol. The second kappa shape index (κ2) is 5.29. The van der Waals surface area contributed by atoms with Gasteiger partial charge in [-0.1, -0.05) is 40.0 Å². The SMILES string of the molecule is CC(C)(C)CC(C)(C)/N=N/C1CCCCC1. The molecule has 0 amide bonds. The van der Waals surface area contributed by atoms with Crippen LogP contribution in [0.1, 0.15) is 73.1 Å². The number of nitrogens with zero attached hydrogens (tertiary/aromatic N) is 2. The highest BCUT2D eigenvalue weighted by Crippen LogP contribution is 2.30. The van der Waals surface area contributed by atoms with E-state index in [0.29, 0.717) is 11.5 Å². The van der Waals surface area contributed by atoms with Crippen molar-refractivity contribution in [1.82, 2.24) is 0 Å². The van der Waals surface area contributed by atoms with Crippen LogP contribution in [-0.4, -0.2) is 11.6 Å². The van der Waals surface area contributed by atoms with Crippen LogP contribution in [0.4, 0.5) is 0 Å². The number of hydrogen-bond acceptors (Lipinski definition) is 2. The fraction of sp³-hybridized carbons (Fsp3) is 1.00. The lowest BCUT2D eigenvalue weighted by molar-refractivity contribution is 0.274. The summed E-state index contributed by atoms with van der Waals surface area (Å²) in [6.07, 6.45) is 7.64. The van der Waals surface area contributed by atoms with Crippen LogP contribution in [0.25, 0.3) is 0 Å². The first-order valence-electron chi connectivity index (χ1n) is 6.71. The molecule has 16 heavy (non-hydrogen) atoms. The molecule has 2 heteroatoms. The van der Waals surface area contributed by atoms with Crippen molar-refractivity contribution in [3.05, 3.63) is 0 Å². The predicted octanol–water partition coefficient (Wildman–Crippen LogP) is 4.99. The molecule has 0 spiro atoms. The summed E-state index contributed by atoms with van der Waals surface area (Å²) in [6.45, 7) is 11.2. The van der Waals surface area contributed by atoms with Crippen LogP contribution in [0.3, 0.4) is 0 Å². The van der Waals surface area contributed by atoms with E-state index in [0.717, 1.165) is 6.42 Å². The van der Waals surface area contributed by atoms with Crippen molar-refractivity contribution in [2.75, 3.05) is 0 Å². The van der Waals surface area contributed by atoms with E-state index in [4.69, 9.17) is 0 Å². The first-order chi connectivity index (χ1) is 7.29. The first-order valence-corrected chi connectivity index (χ1v) is 6.71. The van der Waals surface area contributed by atoms with Crippen LogP contribution >= 0.6 is 0 Å². The normalized spacial score (nSPS) is 20.6. The molecule has 0 saturated heterocycles. The topological polar surface area (TPSA) is 24.7 Å². The lowest BCUT2D eigenvalue weighted by atomic mass is 9.82. The van der Waals surface area contributed by atoms with Gasteiger partial charge in [0.05, 0.1) is 11.6 Å². The van der Waals surface area contributed by atoms with Crippen molar-refractivity contribution in [2.45, 2.75) is 84.7 Å². The van der Waals surface area contributed by atoms with Gasteiger partial charge in [0.2, 0.25) is 0 Å². The maximum Gasteiger partial charge on any atom is 0.0765 e. The van der Waals surface area contributed by atoms with Gasteiger partial charge in [-0.15, -0.1) is 0 Å². The third-order valence-corrected chi connectivity index (χ3v) is 3.03. The largest absolute Gasteiger partial charge is 0.190 e. The molecule has 0 aromatic rings. The van der Waals surface area contributed by atoms with E-state index in [1.807, 2.05) is 0 Å². The molecular formula is C14H28N2. The molecule has 1 rings (SSSR count). The van der Waals surface area contributed by atoms with Gasteiger partial charge in [0, 0.05) is 0 Å². The summed E-state index contributed by atoms with van der Waals surface area (Å²) in [7, 11) is 0. The quantitative estimate of drug-likeness (QED) is 0.604. The van der Waals surface area contributed by atoms with Gasteiger partial charge in [-0.3, -0.25) is 0 Å². The van der Waals surface area contributed by atoms with Crippen molar-refractivity contribution in [3.8, 4) is 0 Å². The fourth-order valence-electron chi connectivity index (χ4n) is 2.77. The van der Waals surface area contributed by atoms with Gasteiger partial charge in [0.1, 0.15) is 0 Å². The summed E-state index contributed by atoms with van der Waals surface area (Å²) in [5.74, 6) is 0. The summed E-state index contributed by atoms with van der Waals surface area (Å²) >= 11 is 0. The fourth-order valence-corrected chi connectivity index (χ4v) is 2.77. The molecule has 1 aliphatic rings. The Labute approximate surface area is 101 Å². The van der Waals surface area contributed by atoms with Crippen LogP contribution in [0, 0.1) is 5.41 Å². The van der Waals surface area contributed by atoms with Gasteiger partial charge in [-0.25, -0.2) is 0 Å². The maximum atomic E-state index is 4.59. The van der Waals surface area contributed by atoms with Crippen LogP contribution < -0.4 is 0 Å². The van der Waals surface area contributed by atoms with Gasteiger partial charge in [0.25, 0.3) is 0 Å². The lowest BCUT2D eigenvalue weighted by Gasteiger charge is -2.28. The molecule has 1 aliphatic carbocycles. The van der Waals surface area contributed by atoms with E-state index >= 15 is 0 Å². The van der Waals surface area contributed by atoms with E-state index < -0.39 is 0 Å². The van der Waals surface area contributed by atoms with Gasteiger partial charge in [-0.05, 0) is 38.5 Å². The van der Waals surface area contributed by atoms with Crippen LogP contribution in [0.5, 0.6) is 0 Å². The molecule has 0 unspecified atom stereocenters. The second-order valence-electron chi connectivity index (χ2n) is 7.06. The molecule has 0 bridgehead atoms. The van der Waals surface area contributed by atoms with Crippen molar-refractivity contribution in [1.29, 1.82) is 0 Å². The number of rotatable bonds is 3. The standard InChI is InChI=1S/C14H28N2/c1-13(2,3)11-14(4,5)16-15-12-9-7-6-8-10-12/h12H,6-11H2,1-5H3/b16-15+. The number of hydrogen-bond donors (Lipinski definition) is 0. The highest BCUT2D eigenvalue weighted by atomic mass is 15.2. The summed E-state index contributed by atoms with van der Waals surface area (Å²) in [4.78, 5) is 0. The second-order valence-corrected chi connectivity index (χ2v) is 7.06. The molecule has 2 nitrogen and oxygen atoms in total. The molecule has 1 fully saturated rings. The third-order valence-electron chi connectivity index (χ3n) is 3.03. The Morgan fingerprint density at radius 3 is 2.00 bits per heavy atom. The highest BCUT2D eigenvalue weighted by Gasteiger charge is 2.25. The molecule has 0 N–H and O–H groups in total. The van der Waals surface area contributed by atoms with Crippen LogP contribution in [0.15, 0.2) is 10.2 Å². The highest BCUT2D eigenvalue weighted by molar-refractivity contribution is 4.83. The molecule has 0 radical (unpaired) electrons. The van der Waals surface area contributed by atoms with Crippen molar-refractivity contribution in [3.63, 3.8) is 0 Å². The van der Waals surface area contributed by atoms with Gasteiger partial charge < -0.3 is 0 Å². The van der Waals surface area contributed by atoms with Crippen LogP contribution in [0.2, 0.25) is 0 Å². The van der Waals surface area contributed by atoms with Crippen molar-refractivity contribution < 1.29 is 0 Å². The Bertz CT molecular complexity index is 230. The summed E-state index contributed by atoms with van der Waals surface area (Å²) in [6, 6.07) is 0.507. The Hall–Kier alpha value is -0.400.